The first-order chi connectivity index (χ1) is 25.8. The van der Waals surface area contributed by atoms with Crippen molar-refractivity contribution in [2.24, 2.45) is 0 Å². The van der Waals surface area contributed by atoms with Crippen molar-refractivity contribution in [2.45, 2.75) is 0 Å². The summed E-state index contributed by atoms with van der Waals surface area (Å²) >= 11 is 0. The fourth-order valence-electron chi connectivity index (χ4n) is 7.76. The number of hydrogen-bond acceptors (Lipinski definition) is 2. The van der Waals surface area contributed by atoms with E-state index in [0.29, 0.717) is 0 Å². The van der Waals surface area contributed by atoms with Crippen molar-refractivity contribution in [1.29, 1.82) is 0 Å². The van der Waals surface area contributed by atoms with Gasteiger partial charge in [0.15, 0.2) is 0 Å². The Hall–Kier alpha value is -6.90. The zero-order valence-corrected chi connectivity index (χ0v) is 28.4. The quantitative estimate of drug-likeness (QED) is 0.165. The standard InChI is InChI=1S/C50H33NO/c1-4-13-34(14-5-1)39-26-30-48-46(31-39)50-47(21-12-22-49(50)52-48)51(40-27-25-38-24-23-37-19-10-11-20-42(37)45(38)32-40)41-28-29-43(35-15-6-2-7-16-35)44(33-41)36-17-8-3-9-18-36/h1-33H. The first kappa shape index (κ1) is 30.0. The zero-order chi connectivity index (χ0) is 34.4. The van der Waals surface area contributed by atoms with E-state index in [2.05, 4.69) is 205 Å². The Bertz CT molecular complexity index is 2890. The average Bonchev–Trinajstić information content (AvgIpc) is 3.60. The second-order valence-electron chi connectivity index (χ2n) is 13.3. The van der Waals surface area contributed by atoms with Crippen LogP contribution in [0.25, 0.3) is 76.9 Å². The summed E-state index contributed by atoms with van der Waals surface area (Å²) in [5.41, 5.74) is 12.0. The molecule has 244 valence electrons. The molecule has 0 unspecified atom stereocenters. The van der Waals surface area contributed by atoms with E-state index >= 15 is 0 Å². The predicted octanol–water partition coefficient (Wildman–Crippen LogP) is 14.4. The highest BCUT2D eigenvalue weighted by atomic mass is 16.3. The van der Waals surface area contributed by atoms with E-state index in [4.69, 9.17) is 4.42 Å². The molecule has 0 N–H and O–H groups in total. The molecule has 0 spiro atoms. The Morgan fingerprint density at radius 1 is 0.327 bits per heavy atom. The van der Waals surface area contributed by atoms with Gasteiger partial charge in [-0.05, 0) is 103 Å². The summed E-state index contributed by atoms with van der Waals surface area (Å²) in [4.78, 5) is 2.41. The Kier molecular flexibility index (Phi) is 7.18. The van der Waals surface area contributed by atoms with Gasteiger partial charge >= 0.3 is 0 Å². The molecular formula is C50H33NO. The summed E-state index contributed by atoms with van der Waals surface area (Å²) in [6.45, 7) is 0. The normalized spacial score (nSPS) is 11.5. The summed E-state index contributed by atoms with van der Waals surface area (Å²) in [7, 11) is 0. The van der Waals surface area contributed by atoms with E-state index in [0.717, 1.165) is 44.6 Å². The molecule has 0 radical (unpaired) electrons. The zero-order valence-electron chi connectivity index (χ0n) is 28.4. The van der Waals surface area contributed by atoms with Crippen LogP contribution in [0, 0.1) is 0 Å². The number of hydrogen-bond donors (Lipinski definition) is 0. The van der Waals surface area contributed by atoms with Gasteiger partial charge in [-0.1, -0.05) is 152 Å². The second kappa shape index (κ2) is 12.5. The van der Waals surface area contributed by atoms with Crippen LogP contribution in [0.15, 0.2) is 205 Å². The molecule has 10 aromatic rings. The Morgan fingerprint density at radius 2 is 0.942 bits per heavy atom. The fraction of sp³-hybridized carbons (Fsp3) is 0. The molecule has 0 amide bonds. The average molecular weight is 664 g/mol. The molecular weight excluding hydrogens is 631 g/mol. The van der Waals surface area contributed by atoms with Crippen molar-refractivity contribution < 1.29 is 4.42 Å². The number of furan rings is 1. The topological polar surface area (TPSA) is 16.4 Å². The molecule has 0 saturated carbocycles. The van der Waals surface area contributed by atoms with Crippen molar-refractivity contribution in [3.63, 3.8) is 0 Å². The molecule has 0 bridgehead atoms. The first-order valence-electron chi connectivity index (χ1n) is 17.8. The number of rotatable bonds is 6. The predicted molar refractivity (Wildman–Crippen MR) is 220 cm³/mol. The lowest BCUT2D eigenvalue weighted by Gasteiger charge is -2.28. The minimum Gasteiger partial charge on any atom is -0.456 e. The second-order valence-corrected chi connectivity index (χ2v) is 13.3. The Labute approximate surface area is 302 Å². The Balaban J connectivity index is 1.27. The third-order valence-electron chi connectivity index (χ3n) is 10.2. The highest BCUT2D eigenvalue weighted by Gasteiger charge is 2.22. The molecule has 0 atom stereocenters. The fourth-order valence-corrected chi connectivity index (χ4v) is 7.76. The third-order valence-corrected chi connectivity index (χ3v) is 10.2. The summed E-state index contributed by atoms with van der Waals surface area (Å²) in [6.07, 6.45) is 0. The lowest BCUT2D eigenvalue weighted by atomic mass is 9.93. The van der Waals surface area contributed by atoms with Crippen molar-refractivity contribution in [3.05, 3.63) is 200 Å². The van der Waals surface area contributed by atoms with E-state index < -0.39 is 0 Å². The van der Waals surface area contributed by atoms with Gasteiger partial charge < -0.3 is 9.32 Å². The summed E-state index contributed by atoms with van der Waals surface area (Å²) < 4.78 is 6.58. The van der Waals surface area contributed by atoms with E-state index in [-0.39, 0.29) is 0 Å². The van der Waals surface area contributed by atoms with E-state index in [9.17, 15) is 0 Å². The molecule has 1 heterocycles. The monoisotopic (exact) mass is 663 g/mol. The van der Waals surface area contributed by atoms with Crippen LogP contribution < -0.4 is 4.90 Å². The smallest absolute Gasteiger partial charge is 0.137 e. The van der Waals surface area contributed by atoms with Crippen LogP contribution in [0.2, 0.25) is 0 Å². The molecule has 9 aromatic carbocycles. The van der Waals surface area contributed by atoms with E-state index in [1.54, 1.807) is 0 Å². The SMILES string of the molecule is c1ccc(-c2ccc3oc4cccc(N(c5ccc(-c6ccccc6)c(-c6ccccc6)c5)c5ccc6ccc7ccccc7c6c5)c4c3c2)cc1. The number of benzene rings is 9. The van der Waals surface area contributed by atoms with Gasteiger partial charge in [0.25, 0.3) is 0 Å². The Morgan fingerprint density at radius 3 is 1.71 bits per heavy atom. The number of anilines is 3. The van der Waals surface area contributed by atoms with Gasteiger partial charge in [0.1, 0.15) is 11.2 Å². The molecule has 2 nitrogen and oxygen atoms in total. The lowest BCUT2D eigenvalue weighted by molar-refractivity contribution is 0.669. The van der Waals surface area contributed by atoms with Crippen LogP contribution in [-0.2, 0) is 0 Å². The maximum absolute atomic E-state index is 6.58. The van der Waals surface area contributed by atoms with Crippen molar-refractivity contribution in [2.75, 3.05) is 4.90 Å². The minimum absolute atomic E-state index is 0.859. The summed E-state index contributed by atoms with van der Waals surface area (Å²) in [5, 5.41) is 7.08. The van der Waals surface area contributed by atoms with Crippen LogP contribution in [0.3, 0.4) is 0 Å². The van der Waals surface area contributed by atoms with Gasteiger partial charge in [0.05, 0.1) is 11.1 Å². The van der Waals surface area contributed by atoms with Crippen LogP contribution in [0.1, 0.15) is 0 Å². The number of fused-ring (bicyclic) bond motifs is 6. The summed E-state index contributed by atoms with van der Waals surface area (Å²) in [5.74, 6) is 0. The molecule has 52 heavy (non-hydrogen) atoms. The number of nitrogens with zero attached hydrogens (tertiary/aromatic N) is 1. The van der Waals surface area contributed by atoms with Crippen molar-refractivity contribution in [1.82, 2.24) is 0 Å². The van der Waals surface area contributed by atoms with Crippen LogP contribution in [0.4, 0.5) is 17.1 Å². The molecule has 0 aliphatic heterocycles. The van der Waals surface area contributed by atoms with Crippen molar-refractivity contribution >= 4 is 60.5 Å². The van der Waals surface area contributed by atoms with Gasteiger partial charge in [0, 0.05) is 16.8 Å². The first-order valence-corrected chi connectivity index (χ1v) is 17.8. The van der Waals surface area contributed by atoms with Crippen LogP contribution in [-0.4, -0.2) is 0 Å². The third kappa shape index (κ3) is 5.12. The van der Waals surface area contributed by atoms with Crippen LogP contribution >= 0.6 is 0 Å². The van der Waals surface area contributed by atoms with E-state index in [1.165, 1.54) is 49.4 Å². The van der Waals surface area contributed by atoms with Gasteiger partial charge in [0.2, 0.25) is 0 Å². The highest BCUT2D eigenvalue weighted by Crippen LogP contribution is 2.46. The van der Waals surface area contributed by atoms with Crippen LogP contribution in [0.5, 0.6) is 0 Å². The molecule has 0 fully saturated rings. The lowest BCUT2D eigenvalue weighted by Crippen LogP contribution is -2.10. The van der Waals surface area contributed by atoms with E-state index in [1.807, 2.05) is 0 Å². The van der Waals surface area contributed by atoms with Gasteiger partial charge in [-0.3, -0.25) is 0 Å². The van der Waals surface area contributed by atoms with Crippen molar-refractivity contribution in [3.8, 4) is 33.4 Å². The van der Waals surface area contributed by atoms with Gasteiger partial charge in [-0.2, -0.15) is 0 Å². The molecule has 0 saturated heterocycles. The largest absolute Gasteiger partial charge is 0.456 e. The highest BCUT2D eigenvalue weighted by molar-refractivity contribution is 6.15. The molecule has 0 aliphatic carbocycles. The molecule has 1 aromatic heterocycles. The molecule has 10 rings (SSSR count). The minimum atomic E-state index is 0.859. The van der Waals surface area contributed by atoms with Gasteiger partial charge in [-0.25, -0.2) is 0 Å². The van der Waals surface area contributed by atoms with Gasteiger partial charge in [-0.15, -0.1) is 0 Å². The maximum Gasteiger partial charge on any atom is 0.137 e. The molecule has 0 aliphatic rings. The molecule has 2 heteroatoms. The maximum atomic E-state index is 6.58. The summed E-state index contributed by atoms with van der Waals surface area (Å²) in [6, 6.07) is 71.7.